The molecule has 1 heterocycles. The summed E-state index contributed by atoms with van der Waals surface area (Å²) in [7, 11) is 0. The molecule has 0 aromatic heterocycles. The molecule has 0 saturated carbocycles. The van der Waals surface area contributed by atoms with Crippen LogP contribution in [-0.4, -0.2) is 24.0 Å². The van der Waals surface area contributed by atoms with Crippen molar-refractivity contribution >= 4 is 12.4 Å². The van der Waals surface area contributed by atoms with Crippen molar-refractivity contribution in [3.05, 3.63) is 35.1 Å². The lowest BCUT2D eigenvalue weighted by Crippen LogP contribution is -2.39. The van der Waals surface area contributed by atoms with E-state index in [4.69, 9.17) is 5.73 Å². The predicted octanol–water partition coefficient (Wildman–Crippen LogP) is 3.12. The van der Waals surface area contributed by atoms with Crippen LogP contribution in [0.5, 0.6) is 0 Å². The molecule has 1 aromatic carbocycles. The molecule has 1 saturated heterocycles. The van der Waals surface area contributed by atoms with Crippen molar-refractivity contribution in [1.82, 2.24) is 4.90 Å². The molecule has 0 amide bonds. The monoisotopic (exact) mass is 286 g/mol. The van der Waals surface area contributed by atoms with E-state index in [1.807, 2.05) is 19.1 Å². The van der Waals surface area contributed by atoms with Crippen molar-refractivity contribution < 1.29 is 4.39 Å². The molecule has 0 radical (unpaired) electrons. The highest BCUT2D eigenvalue weighted by Gasteiger charge is 2.21. The van der Waals surface area contributed by atoms with Crippen LogP contribution in [0, 0.1) is 18.7 Å². The van der Waals surface area contributed by atoms with Crippen molar-refractivity contribution in [1.29, 1.82) is 0 Å². The summed E-state index contributed by atoms with van der Waals surface area (Å²) in [5.74, 6) is 0.547. The lowest BCUT2D eigenvalue weighted by Gasteiger charge is -2.33. The molecule has 2 nitrogen and oxygen atoms in total. The zero-order chi connectivity index (χ0) is 13.1. The number of nitrogens with zero attached hydrogens (tertiary/aromatic N) is 1. The van der Waals surface area contributed by atoms with E-state index in [1.54, 1.807) is 6.07 Å². The molecule has 0 bridgehead atoms. The Morgan fingerprint density at radius 3 is 2.53 bits per heavy atom. The van der Waals surface area contributed by atoms with Crippen LogP contribution in [0.3, 0.4) is 0 Å². The van der Waals surface area contributed by atoms with E-state index in [9.17, 15) is 4.39 Å². The predicted molar refractivity (Wildman–Crippen MR) is 80.0 cm³/mol. The van der Waals surface area contributed by atoms with Crippen LogP contribution >= 0.6 is 12.4 Å². The second kappa shape index (κ2) is 7.22. The molecule has 1 atom stereocenters. The van der Waals surface area contributed by atoms with Crippen LogP contribution in [-0.2, 0) is 6.54 Å². The maximum atomic E-state index is 13.2. The summed E-state index contributed by atoms with van der Waals surface area (Å²) in [6.07, 6.45) is 2.36. The van der Waals surface area contributed by atoms with Gasteiger partial charge in [0.05, 0.1) is 0 Å². The molecule has 19 heavy (non-hydrogen) atoms. The molecule has 1 aromatic rings. The Labute approximate surface area is 121 Å². The third-order valence-corrected chi connectivity index (χ3v) is 4.00. The Balaban J connectivity index is 0.00000180. The van der Waals surface area contributed by atoms with Crippen LogP contribution in [0.15, 0.2) is 18.2 Å². The number of rotatable bonds is 3. The molecule has 4 heteroatoms. The Morgan fingerprint density at radius 2 is 2.00 bits per heavy atom. The first kappa shape index (κ1) is 16.4. The normalized spacial score (nSPS) is 18.9. The van der Waals surface area contributed by atoms with Gasteiger partial charge >= 0.3 is 0 Å². The molecule has 2 N–H and O–H groups in total. The van der Waals surface area contributed by atoms with Gasteiger partial charge in [0.2, 0.25) is 0 Å². The summed E-state index contributed by atoms with van der Waals surface area (Å²) in [6.45, 7) is 7.04. The van der Waals surface area contributed by atoms with E-state index in [0.717, 1.165) is 25.2 Å². The van der Waals surface area contributed by atoms with E-state index in [2.05, 4.69) is 11.8 Å². The lowest BCUT2D eigenvalue weighted by atomic mass is 9.91. The minimum Gasteiger partial charge on any atom is -0.328 e. The van der Waals surface area contributed by atoms with Crippen LogP contribution in [0.25, 0.3) is 0 Å². The number of piperidine rings is 1. The SMILES string of the molecule is Cc1cc(CN2CCC(C(C)N)CC2)ccc1F.Cl. The number of nitrogens with two attached hydrogens (primary N) is 1. The second-order valence-corrected chi connectivity index (χ2v) is 5.56. The zero-order valence-electron chi connectivity index (χ0n) is 11.7. The van der Waals surface area contributed by atoms with Crippen molar-refractivity contribution in [2.24, 2.45) is 11.7 Å². The maximum Gasteiger partial charge on any atom is 0.126 e. The fourth-order valence-corrected chi connectivity index (χ4v) is 2.70. The molecule has 1 aliphatic rings. The van der Waals surface area contributed by atoms with Gasteiger partial charge in [-0.05, 0) is 62.9 Å². The quantitative estimate of drug-likeness (QED) is 0.925. The summed E-state index contributed by atoms with van der Waals surface area (Å²) >= 11 is 0. The summed E-state index contributed by atoms with van der Waals surface area (Å²) in [5, 5.41) is 0. The molecule has 0 aliphatic carbocycles. The van der Waals surface area contributed by atoms with Crippen molar-refractivity contribution in [3.8, 4) is 0 Å². The van der Waals surface area contributed by atoms with E-state index in [-0.39, 0.29) is 18.2 Å². The van der Waals surface area contributed by atoms with Gasteiger partial charge < -0.3 is 5.73 Å². The molecule has 0 spiro atoms. The molecule has 1 aliphatic heterocycles. The Kier molecular flexibility index (Phi) is 6.24. The van der Waals surface area contributed by atoms with Gasteiger partial charge in [-0.15, -0.1) is 12.4 Å². The summed E-state index contributed by atoms with van der Waals surface area (Å²) in [5.41, 5.74) is 7.88. The van der Waals surface area contributed by atoms with Gasteiger partial charge in [-0.3, -0.25) is 4.90 Å². The van der Waals surface area contributed by atoms with Crippen LogP contribution in [0.2, 0.25) is 0 Å². The van der Waals surface area contributed by atoms with Gasteiger partial charge in [0, 0.05) is 12.6 Å². The number of aryl methyl sites for hydroxylation is 1. The summed E-state index contributed by atoms with van der Waals surface area (Å²) in [6, 6.07) is 5.71. The fraction of sp³-hybridized carbons (Fsp3) is 0.600. The van der Waals surface area contributed by atoms with E-state index in [0.29, 0.717) is 12.0 Å². The first-order valence-corrected chi connectivity index (χ1v) is 6.79. The van der Waals surface area contributed by atoms with Gasteiger partial charge in [-0.2, -0.15) is 0 Å². The number of hydrogen-bond acceptors (Lipinski definition) is 2. The van der Waals surface area contributed by atoms with Gasteiger partial charge in [-0.1, -0.05) is 12.1 Å². The lowest BCUT2D eigenvalue weighted by molar-refractivity contribution is 0.165. The van der Waals surface area contributed by atoms with Crippen LogP contribution in [0.1, 0.15) is 30.9 Å². The molecular formula is C15H24ClFN2. The first-order chi connectivity index (χ1) is 8.56. The standard InChI is InChI=1S/C15H23FN2.ClH/c1-11-9-13(3-4-15(11)16)10-18-7-5-14(6-8-18)12(2)17;/h3-4,9,12,14H,5-8,10,17H2,1-2H3;1H. The minimum absolute atomic E-state index is 0. The zero-order valence-corrected chi connectivity index (χ0v) is 12.5. The van der Waals surface area contributed by atoms with Gasteiger partial charge in [0.1, 0.15) is 5.82 Å². The molecule has 1 unspecified atom stereocenters. The third kappa shape index (κ3) is 4.44. The number of likely N-dealkylation sites (tertiary alicyclic amines) is 1. The van der Waals surface area contributed by atoms with Crippen molar-refractivity contribution in [2.45, 2.75) is 39.3 Å². The van der Waals surface area contributed by atoms with Crippen molar-refractivity contribution in [3.63, 3.8) is 0 Å². The maximum absolute atomic E-state index is 13.2. The molecule has 1 fully saturated rings. The van der Waals surface area contributed by atoms with Crippen molar-refractivity contribution in [2.75, 3.05) is 13.1 Å². The minimum atomic E-state index is -0.116. The van der Waals surface area contributed by atoms with E-state index in [1.165, 1.54) is 18.4 Å². The molecule has 2 rings (SSSR count). The number of benzene rings is 1. The Bertz CT molecular complexity index is 401. The number of halogens is 2. The highest BCUT2D eigenvalue weighted by molar-refractivity contribution is 5.85. The summed E-state index contributed by atoms with van der Waals surface area (Å²) < 4.78 is 13.2. The van der Waals surface area contributed by atoms with Gasteiger partial charge in [-0.25, -0.2) is 4.39 Å². The molecule has 108 valence electrons. The smallest absolute Gasteiger partial charge is 0.126 e. The second-order valence-electron chi connectivity index (χ2n) is 5.56. The van der Waals surface area contributed by atoms with Gasteiger partial charge in [0.15, 0.2) is 0 Å². The fourth-order valence-electron chi connectivity index (χ4n) is 2.70. The molecular weight excluding hydrogens is 263 g/mol. The Morgan fingerprint density at radius 1 is 1.37 bits per heavy atom. The van der Waals surface area contributed by atoms with Crippen LogP contribution in [0.4, 0.5) is 4.39 Å². The van der Waals surface area contributed by atoms with Crippen LogP contribution < -0.4 is 5.73 Å². The van der Waals surface area contributed by atoms with E-state index < -0.39 is 0 Å². The summed E-state index contributed by atoms with van der Waals surface area (Å²) in [4.78, 5) is 2.44. The average molecular weight is 287 g/mol. The highest BCUT2D eigenvalue weighted by atomic mass is 35.5. The largest absolute Gasteiger partial charge is 0.328 e. The number of hydrogen-bond donors (Lipinski definition) is 1. The topological polar surface area (TPSA) is 29.3 Å². The third-order valence-electron chi connectivity index (χ3n) is 4.00. The average Bonchev–Trinajstić information content (AvgIpc) is 2.34. The van der Waals surface area contributed by atoms with E-state index >= 15 is 0 Å². The Hall–Kier alpha value is -0.640. The van der Waals surface area contributed by atoms with Gasteiger partial charge in [0.25, 0.3) is 0 Å². The first-order valence-electron chi connectivity index (χ1n) is 6.79. The highest BCUT2D eigenvalue weighted by Crippen LogP contribution is 2.21.